The first-order chi connectivity index (χ1) is 9.34. The van der Waals surface area contributed by atoms with Crippen molar-refractivity contribution in [2.45, 2.75) is 44.7 Å². The summed E-state index contributed by atoms with van der Waals surface area (Å²) >= 11 is 0. The summed E-state index contributed by atoms with van der Waals surface area (Å²) in [7, 11) is 1.12. The summed E-state index contributed by atoms with van der Waals surface area (Å²) in [5.74, 6) is -1.19. The molecule has 1 saturated carbocycles. The van der Waals surface area contributed by atoms with Crippen molar-refractivity contribution < 1.29 is 22.3 Å². The van der Waals surface area contributed by atoms with Gasteiger partial charge in [0.05, 0.1) is 7.11 Å². The van der Waals surface area contributed by atoms with E-state index < -0.39 is 23.3 Å². The van der Waals surface area contributed by atoms with E-state index in [9.17, 15) is 17.6 Å². The molecule has 1 nitrogen and oxygen atoms in total. The molecular weight excluding hydrogens is 272 g/mol. The summed E-state index contributed by atoms with van der Waals surface area (Å²) in [4.78, 5) is 0. The molecule has 0 radical (unpaired) electrons. The molecule has 0 heterocycles. The van der Waals surface area contributed by atoms with Crippen molar-refractivity contribution in [2.75, 3.05) is 7.11 Å². The summed E-state index contributed by atoms with van der Waals surface area (Å²) in [6.07, 6.45) is -1.41. The van der Waals surface area contributed by atoms with Crippen LogP contribution in [0.3, 0.4) is 0 Å². The summed E-state index contributed by atoms with van der Waals surface area (Å²) in [5.41, 5.74) is -1.11. The number of hydrogen-bond acceptors (Lipinski definition) is 1. The standard InChI is InChI=1S/C15H18F4O/c1-9-3-5-10(6-4-9)11-7-8-12(20-2)13(14(11)16)15(17,18)19/h7-10H,3-6H2,1-2H3. The molecule has 20 heavy (non-hydrogen) atoms. The predicted molar refractivity (Wildman–Crippen MR) is 68.3 cm³/mol. The van der Waals surface area contributed by atoms with Gasteiger partial charge in [0.2, 0.25) is 0 Å². The van der Waals surface area contributed by atoms with Crippen LogP contribution in [-0.2, 0) is 6.18 Å². The Morgan fingerprint density at radius 3 is 2.20 bits per heavy atom. The number of hydrogen-bond donors (Lipinski definition) is 0. The molecule has 5 heteroatoms. The van der Waals surface area contributed by atoms with Gasteiger partial charge in [0.25, 0.3) is 0 Å². The molecule has 1 aliphatic carbocycles. The SMILES string of the molecule is COc1ccc(C2CCC(C)CC2)c(F)c1C(F)(F)F. The molecule has 1 fully saturated rings. The topological polar surface area (TPSA) is 9.23 Å². The number of methoxy groups -OCH3 is 1. The second kappa shape index (κ2) is 5.62. The van der Waals surface area contributed by atoms with Crippen LogP contribution in [0.25, 0.3) is 0 Å². The van der Waals surface area contributed by atoms with Gasteiger partial charge < -0.3 is 4.74 Å². The molecule has 0 aliphatic heterocycles. The average molecular weight is 290 g/mol. The van der Waals surface area contributed by atoms with E-state index in [2.05, 4.69) is 11.7 Å². The number of rotatable bonds is 2. The van der Waals surface area contributed by atoms with E-state index in [0.717, 1.165) is 32.8 Å². The molecule has 0 unspecified atom stereocenters. The van der Waals surface area contributed by atoms with E-state index in [-0.39, 0.29) is 11.5 Å². The lowest BCUT2D eigenvalue weighted by Gasteiger charge is -2.27. The van der Waals surface area contributed by atoms with Crippen LogP contribution in [0.1, 0.15) is 49.7 Å². The predicted octanol–water partition coefficient (Wildman–Crippen LogP) is 5.15. The highest BCUT2D eigenvalue weighted by molar-refractivity contribution is 5.42. The second-order valence-electron chi connectivity index (χ2n) is 5.50. The van der Waals surface area contributed by atoms with Gasteiger partial charge in [-0.2, -0.15) is 13.2 Å². The summed E-state index contributed by atoms with van der Waals surface area (Å²) in [6, 6.07) is 2.66. The molecule has 1 aliphatic rings. The summed E-state index contributed by atoms with van der Waals surface area (Å²) < 4.78 is 57.9. The molecule has 0 aromatic heterocycles. The van der Waals surface area contributed by atoms with Crippen molar-refractivity contribution in [1.29, 1.82) is 0 Å². The highest BCUT2D eigenvalue weighted by Gasteiger charge is 2.39. The first kappa shape index (κ1) is 15.1. The normalized spacial score (nSPS) is 23.7. The molecule has 0 N–H and O–H groups in total. The Morgan fingerprint density at radius 2 is 1.70 bits per heavy atom. The molecule has 1 aromatic rings. The second-order valence-corrected chi connectivity index (χ2v) is 5.50. The van der Waals surface area contributed by atoms with Gasteiger partial charge in [-0.05, 0) is 36.3 Å². The Kier molecular flexibility index (Phi) is 4.25. The van der Waals surface area contributed by atoms with Crippen molar-refractivity contribution in [3.05, 3.63) is 29.1 Å². The van der Waals surface area contributed by atoms with Crippen LogP contribution in [0.2, 0.25) is 0 Å². The maximum absolute atomic E-state index is 14.3. The van der Waals surface area contributed by atoms with Gasteiger partial charge in [0.15, 0.2) is 0 Å². The minimum Gasteiger partial charge on any atom is -0.496 e. The zero-order valence-corrected chi connectivity index (χ0v) is 11.6. The molecule has 0 atom stereocenters. The third-order valence-corrected chi connectivity index (χ3v) is 4.09. The first-order valence-corrected chi connectivity index (χ1v) is 6.78. The first-order valence-electron chi connectivity index (χ1n) is 6.78. The number of benzene rings is 1. The molecule has 112 valence electrons. The minimum absolute atomic E-state index is 0.127. The van der Waals surface area contributed by atoms with Crippen LogP contribution < -0.4 is 4.74 Å². The monoisotopic (exact) mass is 290 g/mol. The van der Waals surface area contributed by atoms with Gasteiger partial charge in [0, 0.05) is 0 Å². The Morgan fingerprint density at radius 1 is 1.10 bits per heavy atom. The van der Waals surface area contributed by atoms with E-state index in [1.54, 1.807) is 0 Å². The molecule has 0 spiro atoms. The number of ether oxygens (including phenoxy) is 1. The molecule has 2 rings (SSSR count). The van der Waals surface area contributed by atoms with Gasteiger partial charge in [-0.3, -0.25) is 0 Å². The Bertz CT molecular complexity index is 473. The van der Waals surface area contributed by atoms with Gasteiger partial charge in [-0.1, -0.05) is 25.8 Å². The number of alkyl halides is 3. The van der Waals surface area contributed by atoms with E-state index in [0.29, 0.717) is 5.92 Å². The smallest absolute Gasteiger partial charge is 0.422 e. The van der Waals surface area contributed by atoms with Crippen LogP contribution in [0.15, 0.2) is 12.1 Å². The van der Waals surface area contributed by atoms with Crippen molar-refractivity contribution in [3.63, 3.8) is 0 Å². The lowest BCUT2D eigenvalue weighted by atomic mass is 9.79. The van der Waals surface area contributed by atoms with Gasteiger partial charge in [-0.15, -0.1) is 0 Å². The van der Waals surface area contributed by atoms with Crippen LogP contribution in [0.4, 0.5) is 17.6 Å². The van der Waals surface area contributed by atoms with E-state index in [4.69, 9.17) is 0 Å². The van der Waals surface area contributed by atoms with Crippen LogP contribution in [0, 0.1) is 11.7 Å². The van der Waals surface area contributed by atoms with Crippen LogP contribution in [-0.4, -0.2) is 7.11 Å². The molecule has 0 saturated heterocycles. The van der Waals surface area contributed by atoms with Crippen molar-refractivity contribution in [1.82, 2.24) is 0 Å². The molecule has 1 aromatic carbocycles. The molecule has 0 amide bonds. The molecule has 0 bridgehead atoms. The van der Waals surface area contributed by atoms with Crippen molar-refractivity contribution >= 4 is 0 Å². The maximum atomic E-state index is 14.3. The van der Waals surface area contributed by atoms with E-state index >= 15 is 0 Å². The maximum Gasteiger partial charge on any atom is 0.422 e. The minimum atomic E-state index is -4.74. The fraction of sp³-hybridized carbons (Fsp3) is 0.600. The molecular formula is C15H18F4O. The summed E-state index contributed by atoms with van der Waals surface area (Å²) in [6.45, 7) is 2.11. The zero-order chi connectivity index (χ0) is 14.9. The zero-order valence-electron chi connectivity index (χ0n) is 11.6. The van der Waals surface area contributed by atoms with Crippen molar-refractivity contribution in [2.24, 2.45) is 5.92 Å². The Labute approximate surface area is 115 Å². The summed E-state index contributed by atoms with van der Waals surface area (Å²) in [5, 5.41) is 0. The van der Waals surface area contributed by atoms with Crippen LogP contribution >= 0.6 is 0 Å². The fourth-order valence-corrected chi connectivity index (χ4v) is 2.90. The number of halogens is 4. The van der Waals surface area contributed by atoms with E-state index in [1.807, 2.05) is 0 Å². The fourth-order valence-electron chi connectivity index (χ4n) is 2.90. The van der Waals surface area contributed by atoms with Crippen LogP contribution in [0.5, 0.6) is 5.75 Å². The lowest BCUT2D eigenvalue weighted by molar-refractivity contribution is -0.141. The highest BCUT2D eigenvalue weighted by Crippen LogP contribution is 2.43. The third-order valence-electron chi connectivity index (χ3n) is 4.09. The van der Waals surface area contributed by atoms with Gasteiger partial charge in [-0.25, -0.2) is 4.39 Å². The third kappa shape index (κ3) is 2.91. The van der Waals surface area contributed by atoms with Gasteiger partial charge >= 0.3 is 6.18 Å². The Balaban J connectivity index is 2.41. The van der Waals surface area contributed by atoms with Crippen molar-refractivity contribution in [3.8, 4) is 5.75 Å². The lowest BCUT2D eigenvalue weighted by Crippen LogP contribution is -2.16. The largest absolute Gasteiger partial charge is 0.496 e. The average Bonchev–Trinajstić information content (AvgIpc) is 2.38. The van der Waals surface area contributed by atoms with E-state index in [1.165, 1.54) is 12.1 Å². The Hall–Kier alpha value is -1.26. The van der Waals surface area contributed by atoms with Gasteiger partial charge in [0.1, 0.15) is 17.1 Å². The quantitative estimate of drug-likeness (QED) is 0.685. The highest BCUT2D eigenvalue weighted by atomic mass is 19.4.